The molecular formula is C18H24ClN3O5. The number of piperidine rings is 1. The second kappa shape index (κ2) is 9.45. The van der Waals surface area contributed by atoms with Crippen molar-refractivity contribution in [2.24, 2.45) is 5.92 Å². The first-order chi connectivity index (χ1) is 12.8. The zero-order valence-electron chi connectivity index (χ0n) is 15.4. The summed E-state index contributed by atoms with van der Waals surface area (Å²) in [5, 5.41) is 15.0. The van der Waals surface area contributed by atoms with Gasteiger partial charge in [-0.1, -0.05) is 11.6 Å². The summed E-state index contributed by atoms with van der Waals surface area (Å²) in [6.45, 7) is 2.80. The fraction of sp³-hybridized carbons (Fsp3) is 0.500. The maximum Gasteiger partial charge on any atom is 0.317 e. The second-order valence-corrected chi connectivity index (χ2v) is 6.84. The van der Waals surface area contributed by atoms with Gasteiger partial charge < -0.3 is 25.4 Å². The number of halogens is 1. The normalized spacial score (nSPS) is 14.6. The van der Waals surface area contributed by atoms with E-state index in [2.05, 4.69) is 10.6 Å². The smallest absolute Gasteiger partial charge is 0.317 e. The maximum absolute atomic E-state index is 12.1. The van der Waals surface area contributed by atoms with Crippen LogP contribution in [-0.2, 0) is 9.59 Å². The van der Waals surface area contributed by atoms with Crippen LogP contribution in [-0.4, -0.2) is 54.7 Å². The fourth-order valence-corrected chi connectivity index (χ4v) is 3.02. The van der Waals surface area contributed by atoms with Crippen LogP contribution < -0.4 is 15.4 Å². The number of methoxy groups -OCH3 is 1. The standard InChI is InChI=1S/C18H24ClN3O5/c1-11-9-14(15(27-2)10-13(11)19)21-16(23)3-6-20-18(26)22-7-4-12(5-8-22)17(24)25/h9-10,12H,3-8H2,1-2H3,(H,20,26)(H,21,23)(H,24,25). The number of carbonyl (C=O) groups excluding carboxylic acids is 2. The van der Waals surface area contributed by atoms with Gasteiger partial charge in [0.25, 0.3) is 0 Å². The molecule has 148 valence electrons. The third kappa shape index (κ3) is 5.75. The van der Waals surface area contributed by atoms with E-state index >= 15 is 0 Å². The van der Waals surface area contributed by atoms with Crippen molar-refractivity contribution in [1.82, 2.24) is 10.2 Å². The van der Waals surface area contributed by atoms with Crippen LogP contribution in [0.25, 0.3) is 0 Å². The highest BCUT2D eigenvalue weighted by Gasteiger charge is 2.26. The van der Waals surface area contributed by atoms with Gasteiger partial charge in [0.1, 0.15) is 5.75 Å². The number of likely N-dealkylation sites (tertiary alicyclic amines) is 1. The number of carboxylic acids is 1. The average Bonchev–Trinajstić information content (AvgIpc) is 2.64. The number of urea groups is 1. The lowest BCUT2D eigenvalue weighted by molar-refractivity contribution is -0.143. The number of aryl methyl sites for hydroxylation is 1. The third-order valence-electron chi connectivity index (χ3n) is 4.51. The minimum absolute atomic E-state index is 0.0994. The Kier molecular flexibility index (Phi) is 7.29. The zero-order valence-corrected chi connectivity index (χ0v) is 16.1. The molecule has 0 aromatic heterocycles. The maximum atomic E-state index is 12.1. The molecule has 1 heterocycles. The Labute approximate surface area is 162 Å². The lowest BCUT2D eigenvalue weighted by Gasteiger charge is -2.30. The number of hydrogen-bond acceptors (Lipinski definition) is 4. The van der Waals surface area contributed by atoms with Crippen LogP contribution >= 0.6 is 11.6 Å². The molecule has 2 rings (SSSR count). The zero-order chi connectivity index (χ0) is 20.0. The van der Waals surface area contributed by atoms with Gasteiger partial charge in [-0.2, -0.15) is 0 Å². The van der Waals surface area contributed by atoms with E-state index in [9.17, 15) is 14.4 Å². The van der Waals surface area contributed by atoms with Crippen molar-refractivity contribution in [2.75, 3.05) is 32.1 Å². The molecule has 1 saturated heterocycles. The second-order valence-electron chi connectivity index (χ2n) is 6.43. The SMILES string of the molecule is COc1cc(Cl)c(C)cc1NC(=O)CCNC(=O)N1CCC(C(=O)O)CC1. The molecule has 1 aromatic rings. The van der Waals surface area contributed by atoms with Crippen LogP contribution in [0.2, 0.25) is 5.02 Å². The van der Waals surface area contributed by atoms with E-state index in [1.165, 1.54) is 7.11 Å². The van der Waals surface area contributed by atoms with Gasteiger partial charge in [0.15, 0.2) is 0 Å². The minimum Gasteiger partial charge on any atom is -0.495 e. The molecule has 3 amide bonds. The molecule has 1 fully saturated rings. The van der Waals surface area contributed by atoms with Crippen molar-refractivity contribution in [3.05, 3.63) is 22.7 Å². The van der Waals surface area contributed by atoms with Gasteiger partial charge >= 0.3 is 12.0 Å². The third-order valence-corrected chi connectivity index (χ3v) is 4.92. The quantitative estimate of drug-likeness (QED) is 0.683. The highest BCUT2D eigenvalue weighted by Crippen LogP contribution is 2.30. The molecule has 0 unspecified atom stereocenters. The molecule has 0 radical (unpaired) electrons. The number of aliphatic carboxylic acids is 1. The highest BCUT2D eigenvalue weighted by atomic mass is 35.5. The molecule has 0 bridgehead atoms. The number of carboxylic acid groups (broad SMARTS) is 1. The van der Waals surface area contributed by atoms with Crippen molar-refractivity contribution < 1.29 is 24.2 Å². The topological polar surface area (TPSA) is 108 Å². The van der Waals surface area contributed by atoms with Gasteiger partial charge in [-0.3, -0.25) is 9.59 Å². The summed E-state index contributed by atoms with van der Waals surface area (Å²) in [5.74, 6) is -1.01. The molecule has 0 aliphatic carbocycles. The fourth-order valence-electron chi connectivity index (χ4n) is 2.87. The van der Waals surface area contributed by atoms with E-state index < -0.39 is 11.9 Å². The molecule has 27 heavy (non-hydrogen) atoms. The summed E-state index contributed by atoms with van der Waals surface area (Å²) in [4.78, 5) is 36.7. The van der Waals surface area contributed by atoms with E-state index in [0.29, 0.717) is 42.4 Å². The molecular weight excluding hydrogens is 374 g/mol. The Morgan fingerprint density at radius 2 is 1.96 bits per heavy atom. The van der Waals surface area contributed by atoms with Crippen LogP contribution in [0.3, 0.4) is 0 Å². The number of amides is 3. The molecule has 1 aliphatic heterocycles. The lowest BCUT2D eigenvalue weighted by atomic mass is 9.97. The van der Waals surface area contributed by atoms with Crippen LogP contribution in [0, 0.1) is 12.8 Å². The summed E-state index contributed by atoms with van der Waals surface area (Å²) >= 11 is 6.04. The molecule has 1 aliphatic rings. The Balaban J connectivity index is 1.77. The number of anilines is 1. The number of ether oxygens (including phenoxy) is 1. The van der Waals surface area contributed by atoms with E-state index in [0.717, 1.165) is 5.56 Å². The van der Waals surface area contributed by atoms with Gasteiger partial charge in [0, 0.05) is 37.1 Å². The van der Waals surface area contributed by atoms with Crippen LogP contribution in [0.4, 0.5) is 10.5 Å². The van der Waals surface area contributed by atoms with Gasteiger partial charge in [0.05, 0.1) is 18.7 Å². The lowest BCUT2D eigenvalue weighted by Crippen LogP contribution is -2.46. The van der Waals surface area contributed by atoms with Crippen LogP contribution in [0.5, 0.6) is 5.75 Å². The minimum atomic E-state index is -0.820. The van der Waals surface area contributed by atoms with E-state index in [4.69, 9.17) is 21.4 Å². The predicted molar refractivity (Wildman–Crippen MR) is 101 cm³/mol. The van der Waals surface area contributed by atoms with Gasteiger partial charge in [-0.05, 0) is 31.4 Å². The van der Waals surface area contributed by atoms with Gasteiger partial charge in [0.2, 0.25) is 5.91 Å². The number of nitrogens with one attached hydrogen (secondary N) is 2. The number of carbonyl (C=O) groups is 3. The summed E-state index contributed by atoms with van der Waals surface area (Å²) in [5.41, 5.74) is 1.33. The van der Waals surface area contributed by atoms with E-state index in [1.54, 1.807) is 17.0 Å². The average molecular weight is 398 g/mol. The Bertz CT molecular complexity index is 717. The van der Waals surface area contributed by atoms with E-state index in [-0.39, 0.29) is 24.9 Å². The molecule has 8 nitrogen and oxygen atoms in total. The van der Waals surface area contributed by atoms with Crippen molar-refractivity contribution in [1.29, 1.82) is 0 Å². The van der Waals surface area contributed by atoms with E-state index in [1.807, 2.05) is 6.92 Å². The van der Waals surface area contributed by atoms with Crippen molar-refractivity contribution >= 4 is 35.2 Å². The van der Waals surface area contributed by atoms with Crippen LogP contribution in [0.1, 0.15) is 24.8 Å². The Morgan fingerprint density at radius 1 is 1.30 bits per heavy atom. The summed E-state index contributed by atoms with van der Waals surface area (Å²) in [7, 11) is 1.49. The Morgan fingerprint density at radius 3 is 2.56 bits per heavy atom. The van der Waals surface area contributed by atoms with Crippen LogP contribution in [0.15, 0.2) is 12.1 Å². The molecule has 9 heteroatoms. The van der Waals surface area contributed by atoms with Crippen molar-refractivity contribution in [3.8, 4) is 5.75 Å². The molecule has 3 N–H and O–H groups in total. The van der Waals surface area contributed by atoms with Crippen molar-refractivity contribution in [3.63, 3.8) is 0 Å². The number of benzene rings is 1. The largest absolute Gasteiger partial charge is 0.495 e. The molecule has 0 saturated carbocycles. The van der Waals surface area contributed by atoms with Crippen molar-refractivity contribution in [2.45, 2.75) is 26.2 Å². The van der Waals surface area contributed by atoms with Gasteiger partial charge in [-0.15, -0.1) is 0 Å². The Hall–Kier alpha value is -2.48. The summed E-state index contributed by atoms with van der Waals surface area (Å²) in [6, 6.07) is 3.07. The number of nitrogens with zero attached hydrogens (tertiary/aromatic N) is 1. The molecule has 0 spiro atoms. The first-order valence-electron chi connectivity index (χ1n) is 8.71. The highest BCUT2D eigenvalue weighted by molar-refractivity contribution is 6.31. The first-order valence-corrected chi connectivity index (χ1v) is 9.09. The number of hydrogen-bond donors (Lipinski definition) is 3. The molecule has 0 atom stereocenters. The first kappa shape index (κ1) is 20.8. The molecule has 1 aromatic carbocycles. The predicted octanol–water partition coefficient (Wildman–Crippen LogP) is 2.49. The number of rotatable bonds is 6. The van der Waals surface area contributed by atoms with Gasteiger partial charge in [-0.25, -0.2) is 4.79 Å². The summed E-state index contributed by atoms with van der Waals surface area (Å²) < 4.78 is 5.21. The monoisotopic (exact) mass is 397 g/mol. The summed E-state index contributed by atoms with van der Waals surface area (Å²) in [6.07, 6.45) is 0.986.